The summed E-state index contributed by atoms with van der Waals surface area (Å²) in [6.45, 7) is 0. The molecule has 0 saturated carbocycles. The molecule has 1 heterocycles. The van der Waals surface area contributed by atoms with Gasteiger partial charge in [0.05, 0.1) is 5.69 Å². The van der Waals surface area contributed by atoms with Gasteiger partial charge in [0.2, 0.25) is 5.82 Å². The summed E-state index contributed by atoms with van der Waals surface area (Å²) in [5, 5.41) is 5.78. The van der Waals surface area contributed by atoms with Crippen LogP contribution in [0, 0.1) is 0 Å². The van der Waals surface area contributed by atoms with Crippen LogP contribution in [0.3, 0.4) is 0 Å². The summed E-state index contributed by atoms with van der Waals surface area (Å²) in [6, 6.07) is 6.26. The van der Waals surface area contributed by atoms with Gasteiger partial charge in [0, 0.05) is 22.6 Å². The minimum Gasteiger partial charge on any atom is -0.373 e. The highest BCUT2D eigenvalue weighted by Crippen LogP contribution is 2.31. The SMILES string of the molecule is CNc1cc(Nc2cc(Cl)ccc2Br)nc(C(F)(F)F)n1. The number of alkyl halides is 3. The monoisotopic (exact) mass is 380 g/mol. The van der Waals surface area contributed by atoms with Crippen molar-refractivity contribution in [3.8, 4) is 0 Å². The summed E-state index contributed by atoms with van der Waals surface area (Å²) in [4.78, 5) is 6.85. The van der Waals surface area contributed by atoms with Gasteiger partial charge in [-0.1, -0.05) is 11.6 Å². The van der Waals surface area contributed by atoms with Crippen LogP contribution < -0.4 is 10.6 Å². The normalized spacial score (nSPS) is 11.3. The number of aromatic nitrogens is 2. The summed E-state index contributed by atoms with van der Waals surface area (Å²) in [6.07, 6.45) is -4.63. The summed E-state index contributed by atoms with van der Waals surface area (Å²) < 4.78 is 38.9. The molecule has 0 radical (unpaired) electrons. The Labute approximate surface area is 131 Å². The third-order valence-electron chi connectivity index (χ3n) is 2.43. The van der Waals surface area contributed by atoms with Crippen molar-refractivity contribution >= 4 is 44.9 Å². The Morgan fingerprint density at radius 2 is 1.81 bits per heavy atom. The predicted molar refractivity (Wildman–Crippen MR) is 79.0 cm³/mol. The second-order valence-electron chi connectivity index (χ2n) is 3.96. The molecule has 4 nitrogen and oxygen atoms in total. The maximum absolute atomic E-state index is 12.8. The maximum atomic E-state index is 12.8. The summed E-state index contributed by atoms with van der Waals surface area (Å²) in [5.74, 6) is -1.17. The van der Waals surface area contributed by atoms with Crippen molar-refractivity contribution in [2.24, 2.45) is 0 Å². The average Bonchev–Trinajstić information content (AvgIpc) is 2.41. The van der Waals surface area contributed by atoms with Crippen LogP contribution in [0.5, 0.6) is 0 Å². The summed E-state index contributed by atoms with van der Waals surface area (Å²) >= 11 is 9.14. The first kappa shape index (κ1) is 15.8. The molecule has 21 heavy (non-hydrogen) atoms. The van der Waals surface area contributed by atoms with Crippen molar-refractivity contribution in [2.75, 3.05) is 17.7 Å². The highest BCUT2D eigenvalue weighted by Gasteiger charge is 2.35. The molecule has 0 aliphatic rings. The maximum Gasteiger partial charge on any atom is 0.451 e. The molecule has 9 heteroatoms. The first-order chi connectivity index (χ1) is 9.79. The number of nitrogens with zero attached hydrogens (tertiary/aromatic N) is 2. The van der Waals surface area contributed by atoms with E-state index in [0.29, 0.717) is 15.2 Å². The Hall–Kier alpha value is -1.54. The van der Waals surface area contributed by atoms with Gasteiger partial charge in [-0.2, -0.15) is 13.2 Å². The Morgan fingerprint density at radius 3 is 2.43 bits per heavy atom. The standard InChI is InChI=1S/C12H9BrClF3N4/c1-18-9-5-10(21-11(20-9)12(15,16)17)19-8-4-6(14)2-3-7(8)13/h2-5H,1H3,(H2,18,19,20,21). The van der Waals surface area contributed by atoms with E-state index in [9.17, 15) is 13.2 Å². The van der Waals surface area contributed by atoms with Crippen LogP contribution in [0.15, 0.2) is 28.7 Å². The fourth-order valence-corrected chi connectivity index (χ4v) is 2.02. The summed E-state index contributed by atoms with van der Waals surface area (Å²) in [7, 11) is 1.47. The molecule has 112 valence electrons. The largest absolute Gasteiger partial charge is 0.451 e. The lowest BCUT2D eigenvalue weighted by atomic mass is 10.3. The number of rotatable bonds is 3. The fraction of sp³-hybridized carbons (Fsp3) is 0.167. The number of benzene rings is 1. The number of halogens is 5. The number of hydrogen-bond donors (Lipinski definition) is 2. The molecule has 0 saturated heterocycles. The number of nitrogens with one attached hydrogen (secondary N) is 2. The number of hydrogen-bond acceptors (Lipinski definition) is 4. The van der Waals surface area contributed by atoms with E-state index in [1.54, 1.807) is 18.2 Å². The lowest BCUT2D eigenvalue weighted by Gasteiger charge is -2.12. The molecule has 0 amide bonds. The van der Waals surface area contributed by atoms with Gasteiger partial charge >= 0.3 is 6.18 Å². The van der Waals surface area contributed by atoms with Gasteiger partial charge in [0.15, 0.2) is 0 Å². The Bertz CT molecular complexity index is 663. The van der Waals surface area contributed by atoms with Crippen LogP contribution in [0.4, 0.5) is 30.5 Å². The predicted octanol–water partition coefficient (Wildman–Crippen LogP) is 4.70. The minimum atomic E-state index is -4.63. The zero-order valence-corrected chi connectivity index (χ0v) is 12.9. The molecule has 0 spiro atoms. The molecule has 2 aromatic rings. The van der Waals surface area contributed by atoms with E-state index in [2.05, 4.69) is 36.5 Å². The highest BCUT2D eigenvalue weighted by molar-refractivity contribution is 9.10. The van der Waals surface area contributed by atoms with Crippen LogP contribution >= 0.6 is 27.5 Å². The first-order valence-corrected chi connectivity index (χ1v) is 6.83. The lowest BCUT2D eigenvalue weighted by molar-refractivity contribution is -0.144. The van der Waals surface area contributed by atoms with Crippen LogP contribution in [-0.2, 0) is 6.18 Å². The smallest absolute Gasteiger partial charge is 0.373 e. The molecular formula is C12H9BrClF3N4. The second kappa shape index (κ2) is 6.07. The highest BCUT2D eigenvalue weighted by atomic mass is 79.9. The third kappa shape index (κ3) is 3.98. The van der Waals surface area contributed by atoms with Crippen molar-refractivity contribution in [1.82, 2.24) is 9.97 Å². The van der Waals surface area contributed by atoms with Gasteiger partial charge in [0.1, 0.15) is 11.6 Å². The fourth-order valence-electron chi connectivity index (χ4n) is 1.50. The molecule has 0 fully saturated rings. The van der Waals surface area contributed by atoms with Gasteiger partial charge < -0.3 is 10.6 Å². The van der Waals surface area contributed by atoms with Crippen molar-refractivity contribution in [3.05, 3.63) is 39.6 Å². The molecule has 1 aromatic carbocycles. The summed E-state index contributed by atoms with van der Waals surface area (Å²) in [5.41, 5.74) is 0.497. The van der Waals surface area contributed by atoms with E-state index in [-0.39, 0.29) is 11.6 Å². The van der Waals surface area contributed by atoms with E-state index < -0.39 is 12.0 Å². The van der Waals surface area contributed by atoms with Gasteiger partial charge in [0.25, 0.3) is 0 Å². The van der Waals surface area contributed by atoms with Crippen LogP contribution in [0.25, 0.3) is 0 Å². The zero-order valence-electron chi connectivity index (χ0n) is 10.6. The molecule has 2 N–H and O–H groups in total. The van der Waals surface area contributed by atoms with Crippen LogP contribution in [0.2, 0.25) is 5.02 Å². The molecule has 0 aliphatic carbocycles. The van der Waals surface area contributed by atoms with Gasteiger partial charge in [-0.25, -0.2) is 9.97 Å². The molecule has 2 rings (SSSR count). The third-order valence-corrected chi connectivity index (χ3v) is 3.35. The van der Waals surface area contributed by atoms with Crippen LogP contribution in [-0.4, -0.2) is 17.0 Å². The quantitative estimate of drug-likeness (QED) is 0.809. The second-order valence-corrected chi connectivity index (χ2v) is 5.25. The van der Waals surface area contributed by atoms with Gasteiger partial charge in [-0.05, 0) is 34.1 Å². The van der Waals surface area contributed by atoms with E-state index in [1.807, 2.05) is 0 Å². The van der Waals surface area contributed by atoms with Crippen LogP contribution in [0.1, 0.15) is 5.82 Å². The average molecular weight is 382 g/mol. The van der Waals surface area contributed by atoms with Gasteiger partial charge in [-0.15, -0.1) is 0 Å². The van der Waals surface area contributed by atoms with E-state index in [0.717, 1.165) is 0 Å². The van der Waals surface area contributed by atoms with E-state index in [1.165, 1.54) is 13.1 Å². The molecular weight excluding hydrogens is 373 g/mol. The number of anilines is 3. The van der Waals surface area contributed by atoms with Gasteiger partial charge in [-0.3, -0.25) is 0 Å². The van der Waals surface area contributed by atoms with Crippen molar-refractivity contribution in [1.29, 1.82) is 0 Å². The van der Waals surface area contributed by atoms with Crippen molar-refractivity contribution in [2.45, 2.75) is 6.18 Å². The zero-order chi connectivity index (χ0) is 15.6. The topological polar surface area (TPSA) is 49.8 Å². The van der Waals surface area contributed by atoms with E-state index >= 15 is 0 Å². The molecule has 0 unspecified atom stereocenters. The van der Waals surface area contributed by atoms with Crippen molar-refractivity contribution < 1.29 is 13.2 Å². The lowest BCUT2D eigenvalue weighted by Crippen LogP contribution is -2.13. The molecule has 0 aliphatic heterocycles. The van der Waals surface area contributed by atoms with E-state index in [4.69, 9.17) is 11.6 Å². The molecule has 0 atom stereocenters. The molecule has 0 bridgehead atoms. The first-order valence-electron chi connectivity index (χ1n) is 5.65. The molecule has 1 aromatic heterocycles. The minimum absolute atomic E-state index is 0.00430. The Balaban J connectivity index is 2.42. The Morgan fingerprint density at radius 1 is 1.14 bits per heavy atom. The van der Waals surface area contributed by atoms with Crippen molar-refractivity contribution in [3.63, 3.8) is 0 Å². The Kier molecular flexibility index (Phi) is 4.58.